The van der Waals surface area contributed by atoms with E-state index in [0.29, 0.717) is 10.9 Å². The van der Waals surface area contributed by atoms with Gasteiger partial charge in [-0.1, -0.05) is 31.1 Å². The van der Waals surface area contributed by atoms with Crippen LogP contribution in [0.25, 0.3) is 0 Å². The summed E-state index contributed by atoms with van der Waals surface area (Å²) < 4.78 is 0. The molecule has 2 atom stereocenters. The second kappa shape index (κ2) is 5.72. The molecule has 4 nitrogen and oxygen atoms in total. The summed E-state index contributed by atoms with van der Waals surface area (Å²) in [6.07, 6.45) is 8.14. The minimum atomic E-state index is -0.822. The molecule has 110 valence electrons. The highest BCUT2D eigenvalue weighted by atomic mass is 32.1. The summed E-state index contributed by atoms with van der Waals surface area (Å²) in [5.41, 5.74) is 0.778. The molecule has 2 heterocycles. The number of carbonyl (C=O) groups is 1. The van der Waals surface area contributed by atoms with E-state index in [2.05, 4.69) is 16.8 Å². The van der Waals surface area contributed by atoms with Crippen molar-refractivity contribution in [3.8, 4) is 0 Å². The molecule has 0 aromatic carbocycles. The number of hydrogen-bond donors (Lipinski definition) is 1. The Kier molecular flexibility index (Phi) is 3.96. The number of aryl methyl sites for hydroxylation is 1. The van der Waals surface area contributed by atoms with Crippen LogP contribution in [0, 0.1) is 5.92 Å². The summed E-state index contributed by atoms with van der Waals surface area (Å²) in [4.78, 5) is 18.9. The highest BCUT2D eigenvalue weighted by Crippen LogP contribution is 2.40. The molecular formula is C15H22N2O2S. The van der Waals surface area contributed by atoms with Crippen LogP contribution < -0.4 is 4.90 Å². The Labute approximate surface area is 123 Å². The van der Waals surface area contributed by atoms with Gasteiger partial charge in [-0.25, -0.2) is 9.78 Å². The Hall–Kier alpha value is -1.10. The summed E-state index contributed by atoms with van der Waals surface area (Å²) in [5, 5.41) is 10.3. The molecule has 1 saturated heterocycles. The number of fused-ring (bicyclic) bond motifs is 1. The van der Waals surface area contributed by atoms with E-state index >= 15 is 0 Å². The highest BCUT2D eigenvalue weighted by Gasteiger charge is 2.36. The third kappa shape index (κ3) is 2.43. The molecule has 2 aliphatic rings. The van der Waals surface area contributed by atoms with Crippen LogP contribution in [-0.4, -0.2) is 28.6 Å². The van der Waals surface area contributed by atoms with E-state index in [1.54, 1.807) is 0 Å². The number of aromatic nitrogens is 1. The van der Waals surface area contributed by atoms with Crippen molar-refractivity contribution in [2.45, 2.75) is 57.9 Å². The quantitative estimate of drug-likeness (QED) is 0.922. The average molecular weight is 294 g/mol. The van der Waals surface area contributed by atoms with Crippen molar-refractivity contribution in [1.29, 1.82) is 0 Å². The van der Waals surface area contributed by atoms with Crippen LogP contribution in [0.5, 0.6) is 0 Å². The van der Waals surface area contributed by atoms with Crippen molar-refractivity contribution < 1.29 is 9.90 Å². The molecule has 1 saturated carbocycles. The molecule has 2 fully saturated rings. The number of thiazole rings is 1. The van der Waals surface area contributed by atoms with Crippen LogP contribution in [0.4, 0.5) is 5.13 Å². The molecule has 0 spiro atoms. The predicted octanol–water partition coefficient (Wildman–Crippen LogP) is 3.56. The van der Waals surface area contributed by atoms with Gasteiger partial charge in [0, 0.05) is 12.6 Å². The van der Waals surface area contributed by atoms with Crippen molar-refractivity contribution in [2.24, 2.45) is 5.92 Å². The molecule has 1 aliphatic heterocycles. The maximum atomic E-state index is 11.4. The van der Waals surface area contributed by atoms with Crippen molar-refractivity contribution in [1.82, 2.24) is 4.98 Å². The fourth-order valence-corrected chi connectivity index (χ4v) is 4.76. The standard InChI is InChI=1S/C15H22N2O2S/c1-2-5-11-13(14(18)19)20-15(16-11)17-9-4-7-10-6-3-8-12(10)17/h10,12H,2-9H2,1H3,(H,18,19). The second-order valence-electron chi connectivity index (χ2n) is 5.92. The SMILES string of the molecule is CCCc1nc(N2CCCC3CCCC32)sc1C(=O)O. The monoisotopic (exact) mass is 294 g/mol. The van der Waals surface area contributed by atoms with Gasteiger partial charge in [-0.3, -0.25) is 0 Å². The maximum absolute atomic E-state index is 11.4. The van der Waals surface area contributed by atoms with E-state index in [0.717, 1.165) is 36.1 Å². The van der Waals surface area contributed by atoms with Gasteiger partial charge in [-0.2, -0.15) is 0 Å². The number of aromatic carboxylic acids is 1. The van der Waals surface area contributed by atoms with Gasteiger partial charge in [0.05, 0.1) is 5.69 Å². The van der Waals surface area contributed by atoms with Gasteiger partial charge in [0.25, 0.3) is 0 Å². The lowest BCUT2D eigenvalue weighted by molar-refractivity contribution is 0.0700. The van der Waals surface area contributed by atoms with E-state index < -0.39 is 5.97 Å². The Morgan fingerprint density at radius 3 is 2.95 bits per heavy atom. The Morgan fingerprint density at radius 2 is 2.20 bits per heavy atom. The first-order chi connectivity index (χ1) is 9.70. The second-order valence-corrected chi connectivity index (χ2v) is 6.90. The minimum Gasteiger partial charge on any atom is -0.477 e. The van der Waals surface area contributed by atoms with Crippen molar-refractivity contribution in [3.05, 3.63) is 10.6 Å². The molecule has 0 radical (unpaired) electrons. The largest absolute Gasteiger partial charge is 0.477 e. The van der Waals surface area contributed by atoms with E-state index in [-0.39, 0.29) is 0 Å². The number of piperidine rings is 1. The van der Waals surface area contributed by atoms with Crippen molar-refractivity contribution >= 4 is 22.4 Å². The van der Waals surface area contributed by atoms with Gasteiger partial charge < -0.3 is 10.0 Å². The minimum absolute atomic E-state index is 0.446. The van der Waals surface area contributed by atoms with Gasteiger partial charge in [-0.15, -0.1) is 0 Å². The van der Waals surface area contributed by atoms with Crippen LogP contribution in [-0.2, 0) is 6.42 Å². The van der Waals surface area contributed by atoms with Crippen LogP contribution in [0.3, 0.4) is 0 Å². The van der Waals surface area contributed by atoms with Crippen LogP contribution in [0.2, 0.25) is 0 Å². The summed E-state index contributed by atoms with van der Waals surface area (Å²) in [7, 11) is 0. The third-order valence-corrected chi connectivity index (χ3v) is 5.73. The zero-order chi connectivity index (χ0) is 14.1. The van der Waals surface area contributed by atoms with Gasteiger partial charge in [0.15, 0.2) is 5.13 Å². The van der Waals surface area contributed by atoms with E-state index in [1.165, 1.54) is 43.4 Å². The average Bonchev–Trinajstić information content (AvgIpc) is 3.04. The van der Waals surface area contributed by atoms with E-state index in [4.69, 9.17) is 0 Å². The summed E-state index contributed by atoms with van der Waals surface area (Å²) >= 11 is 1.38. The zero-order valence-corrected chi connectivity index (χ0v) is 12.8. The van der Waals surface area contributed by atoms with Gasteiger partial charge in [0.1, 0.15) is 4.88 Å². The lowest BCUT2D eigenvalue weighted by Crippen LogP contribution is -2.42. The van der Waals surface area contributed by atoms with Crippen molar-refractivity contribution in [2.75, 3.05) is 11.4 Å². The number of rotatable bonds is 4. The van der Waals surface area contributed by atoms with Crippen LogP contribution >= 0.6 is 11.3 Å². The molecule has 0 bridgehead atoms. The first-order valence-corrected chi connectivity index (χ1v) is 8.52. The Morgan fingerprint density at radius 1 is 1.40 bits per heavy atom. The smallest absolute Gasteiger partial charge is 0.347 e. The van der Waals surface area contributed by atoms with Crippen molar-refractivity contribution in [3.63, 3.8) is 0 Å². The maximum Gasteiger partial charge on any atom is 0.347 e. The topological polar surface area (TPSA) is 53.4 Å². The molecule has 1 aliphatic carbocycles. The first-order valence-electron chi connectivity index (χ1n) is 7.70. The molecule has 20 heavy (non-hydrogen) atoms. The third-order valence-electron chi connectivity index (χ3n) is 4.61. The lowest BCUT2D eigenvalue weighted by Gasteiger charge is -2.37. The van der Waals surface area contributed by atoms with Crippen LogP contribution in [0.15, 0.2) is 0 Å². The summed E-state index contributed by atoms with van der Waals surface area (Å²) in [6, 6.07) is 0.603. The molecule has 0 amide bonds. The van der Waals surface area contributed by atoms with E-state index in [9.17, 15) is 9.90 Å². The van der Waals surface area contributed by atoms with E-state index in [1.807, 2.05) is 0 Å². The van der Waals surface area contributed by atoms with Gasteiger partial charge in [-0.05, 0) is 38.0 Å². The zero-order valence-electron chi connectivity index (χ0n) is 12.0. The molecular weight excluding hydrogens is 272 g/mol. The lowest BCUT2D eigenvalue weighted by atomic mass is 9.92. The number of carboxylic acids is 1. The van der Waals surface area contributed by atoms with Crippen LogP contribution in [0.1, 0.15) is 60.8 Å². The fourth-order valence-electron chi connectivity index (χ4n) is 3.73. The molecule has 1 aromatic heterocycles. The summed E-state index contributed by atoms with van der Waals surface area (Å²) in [5.74, 6) is -0.0206. The van der Waals surface area contributed by atoms with Gasteiger partial charge >= 0.3 is 5.97 Å². The first kappa shape index (κ1) is 13.9. The molecule has 3 rings (SSSR count). The molecule has 1 aromatic rings. The fraction of sp³-hybridized carbons (Fsp3) is 0.733. The molecule has 5 heteroatoms. The molecule has 1 N–H and O–H groups in total. The highest BCUT2D eigenvalue weighted by molar-refractivity contribution is 7.17. The Balaban J connectivity index is 1.89. The molecule has 2 unspecified atom stereocenters. The van der Waals surface area contributed by atoms with Gasteiger partial charge in [0.2, 0.25) is 0 Å². The number of nitrogens with zero attached hydrogens (tertiary/aromatic N) is 2. The number of anilines is 1. The number of hydrogen-bond acceptors (Lipinski definition) is 4. The summed E-state index contributed by atoms with van der Waals surface area (Å²) in [6.45, 7) is 3.11. The predicted molar refractivity (Wildman–Crippen MR) is 80.8 cm³/mol. The number of carboxylic acid groups (broad SMARTS) is 1. The normalized spacial score (nSPS) is 25.8. The Bertz CT molecular complexity index is 500.